The minimum Gasteiger partial charge on any atom is -0.335 e. The highest BCUT2D eigenvalue weighted by molar-refractivity contribution is 5.05. The lowest BCUT2D eigenvalue weighted by molar-refractivity contribution is -0.456. The molecule has 2 nitrogen and oxygen atoms in total. The minimum absolute atomic E-state index is 0.0549. The van der Waals surface area contributed by atoms with Crippen LogP contribution in [-0.4, -0.2) is 39.9 Å². The fourth-order valence-electron chi connectivity index (χ4n) is 1.38. The van der Waals surface area contributed by atoms with Crippen molar-refractivity contribution in [1.82, 2.24) is 0 Å². The van der Waals surface area contributed by atoms with E-state index in [1.54, 1.807) is 0 Å². The summed E-state index contributed by atoms with van der Waals surface area (Å²) in [6.07, 6.45) is -2.31. The van der Waals surface area contributed by atoms with E-state index in [-0.39, 0.29) is 12.8 Å². The third-order valence-corrected chi connectivity index (χ3v) is 2.74. The molecule has 11 heteroatoms. The lowest BCUT2D eigenvalue weighted by atomic mass is 9.94. The zero-order valence-electron chi connectivity index (χ0n) is 10.6. The monoisotopic (exact) mass is 336 g/mol. The molecular weight excluding hydrogens is 323 g/mol. The molecule has 0 heterocycles. The molecule has 0 aliphatic carbocycles. The number of hydrogen-bond acceptors (Lipinski definition) is 2. The molecule has 0 saturated heterocycles. The van der Waals surface area contributed by atoms with Crippen molar-refractivity contribution in [2.75, 3.05) is 0 Å². The largest absolute Gasteiger partial charge is 0.400 e. The summed E-state index contributed by atoms with van der Waals surface area (Å²) >= 11 is 0. The molecule has 0 aromatic heterocycles. The third kappa shape index (κ3) is 3.38. The molecule has 0 aromatic rings. The standard InChI is InChI=1S/C10H13F9O2/c1-2-3-4-5-6(11,12)7(13,14)8(15,16)9(17,18)10(19,20)21/h20-21H,2-5H2,1H3. The SMILES string of the molecule is CCCCCC(F)(F)C(F)(F)C(F)(F)C(F)(F)C(O)(O)F. The van der Waals surface area contributed by atoms with Gasteiger partial charge in [0.1, 0.15) is 0 Å². The van der Waals surface area contributed by atoms with Gasteiger partial charge in [-0.3, -0.25) is 0 Å². The Bertz CT molecular complexity index is 349. The van der Waals surface area contributed by atoms with Gasteiger partial charge in [0, 0.05) is 6.42 Å². The van der Waals surface area contributed by atoms with Gasteiger partial charge >= 0.3 is 29.7 Å². The van der Waals surface area contributed by atoms with Gasteiger partial charge in [0.25, 0.3) is 0 Å². The summed E-state index contributed by atoms with van der Waals surface area (Å²) in [7, 11) is 0. The van der Waals surface area contributed by atoms with Gasteiger partial charge in [-0.05, 0) is 6.42 Å². The number of alkyl halides is 9. The summed E-state index contributed by atoms with van der Waals surface area (Å²) in [5, 5.41) is 15.6. The average molecular weight is 336 g/mol. The predicted molar refractivity (Wildman–Crippen MR) is 52.2 cm³/mol. The maximum Gasteiger partial charge on any atom is 0.400 e. The zero-order valence-corrected chi connectivity index (χ0v) is 10.6. The normalized spacial score (nSPS) is 15.4. The molecule has 0 atom stereocenters. The molecule has 2 N–H and O–H groups in total. The van der Waals surface area contributed by atoms with Gasteiger partial charge in [-0.25, -0.2) is 0 Å². The predicted octanol–water partition coefficient (Wildman–Crippen LogP) is 3.72. The van der Waals surface area contributed by atoms with Gasteiger partial charge in [0.05, 0.1) is 0 Å². The second kappa shape index (κ2) is 5.82. The van der Waals surface area contributed by atoms with E-state index in [4.69, 9.17) is 10.2 Å². The summed E-state index contributed by atoms with van der Waals surface area (Å²) in [6.45, 7) is 1.48. The summed E-state index contributed by atoms with van der Waals surface area (Å²) in [5.74, 6) is -26.2. The van der Waals surface area contributed by atoms with Crippen LogP contribution >= 0.6 is 0 Å². The Hall–Kier alpha value is -0.710. The smallest absolute Gasteiger partial charge is 0.335 e. The van der Waals surface area contributed by atoms with Crippen LogP contribution < -0.4 is 0 Å². The van der Waals surface area contributed by atoms with E-state index in [2.05, 4.69) is 0 Å². The van der Waals surface area contributed by atoms with Crippen LogP contribution in [0.2, 0.25) is 0 Å². The van der Waals surface area contributed by atoms with Crippen molar-refractivity contribution < 1.29 is 49.7 Å². The van der Waals surface area contributed by atoms with Gasteiger partial charge in [-0.2, -0.15) is 39.5 Å². The van der Waals surface area contributed by atoms with Crippen LogP contribution in [0.3, 0.4) is 0 Å². The molecule has 0 spiro atoms. The second-order valence-corrected chi connectivity index (χ2v) is 4.47. The molecule has 0 aliphatic rings. The molecule has 21 heavy (non-hydrogen) atoms. The van der Waals surface area contributed by atoms with Crippen LogP contribution in [0, 0.1) is 0 Å². The summed E-state index contributed by atoms with van der Waals surface area (Å²) in [5.41, 5.74) is 0. The van der Waals surface area contributed by atoms with Crippen LogP contribution in [-0.2, 0) is 0 Å². The van der Waals surface area contributed by atoms with Gasteiger partial charge in [-0.1, -0.05) is 19.8 Å². The van der Waals surface area contributed by atoms with Crippen LogP contribution in [0.25, 0.3) is 0 Å². The van der Waals surface area contributed by atoms with E-state index in [9.17, 15) is 39.5 Å². The van der Waals surface area contributed by atoms with Crippen molar-refractivity contribution in [1.29, 1.82) is 0 Å². The molecular formula is C10H13F9O2. The van der Waals surface area contributed by atoms with Crippen molar-refractivity contribution in [3.63, 3.8) is 0 Å². The van der Waals surface area contributed by atoms with Gasteiger partial charge in [0.15, 0.2) is 0 Å². The van der Waals surface area contributed by atoms with Crippen molar-refractivity contribution >= 4 is 0 Å². The van der Waals surface area contributed by atoms with E-state index in [0.717, 1.165) is 0 Å². The van der Waals surface area contributed by atoms with E-state index < -0.39 is 42.6 Å². The Balaban J connectivity index is 5.55. The number of unbranched alkanes of at least 4 members (excludes halogenated alkanes) is 2. The van der Waals surface area contributed by atoms with Crippen molar-refractivity contribution in [2.24, 2.45) is 0 Å². The topological polar surface area (TPSA) is 40.5 Å². The summed E-state index contributed by atoms with van der Waals surface area (Å²) in [4.78, 5) is 0. The minimum atomic E-state index is -7.03. The molecule has 0 radical (unpaired) electrons. The fraction of sp³-hybridized carbons (Fsp3) is 1.00. The van der Waals surface area contributed by atoms with E-state index in [1.165, 1.54) is 6.92 Å². The summed E-state index contributed by atoms with van der Waals surface area (Å²) < 4.78 is 116. The highest BCUT2D eigenvalue weighted by Gasteiger charge is 2.85. The quantitative estimate of drug-likeness (QED) is 0.403. The first-order valence-corrected chi connectivity index (χ1v) is 5.71. The number of aliphatic hydroxyl groups is 2. The van der Waals surface area contributed by atoms with Crippen LogP contribution in [0.4, 0.5) is 39.5 Å². The lowest BCUT2D eigenvalue weighted by Crippen LogP contribution is -2.68. The molecule has 0 rings (SSSR count). The number of rotatable bonds is 8. The Kier molecular flexibility index (Phi) is 5.63. The van der Waals surface area contributed by atoms with Gasteiger partial charge in [-0.15, -0.1) is 0 Å². The molecule has 0 fully saturated rings. The molecule has 0 saturated carbocycles. The molecule has 0 aliphatic heterocycles. The van der Waals surface area contributed by atoms with Gasteiger partial charge < -0.3 is 10.2 Å². The molecule has 0 unspecified atom stereocenters. The highest BCUT2D eigenvalue weighted by atomic mass is 19.4. The Labute approximate surface area is 113 Å². The van der Waals surface area contributed by atoms with E-state index >= 15 is 0 Å². The molecule has 0 amide bonds. The Morgan fingerprint density at radius 2 is 1.10 bits per heavy atom. The fourth-order valence-corrected chi connectivity index (χ4v) is 1.38. The molecule has 0 aromatic carbocycles. The highest BCUT2D eigenvalue weighted by Crippen LogP contribution is 2.56. The number of hydrogen-bond donors (Lipinski definition) is 2. The maximum atomic E-state index is 13.1. The van der Waals surface area contributed by atoms with Crippen LogP contribution in [0.15, 0.2) is 0 Å². The first-order chi connectivity index (χ1) is 9.06. The van der Waals surface area contributed by atoms with Crippen molar-refractivity contribution in [3.8, 4) is 0 Å². The average Bonchev–Trinajstić information content (AvgIpc) is 2.26. The zero-order chi connectivity index (χ0) is 17.3. The van der Waals surface area contributed by atoms with Crippen molar-refractivity contribution in [3.05, 3.63) is 0 Å². The maximum absolute atomic E-state index is 13.1. The Morgan fingerprint density at radius 3 is 1.43 bits per heavy atom. The molecule has 0 bridgehead atoms. The van der Waals surface area contributed by atoms with Crippen LogP contribution in [0.1, 0.15) is 32.6 Å². The van der Waals surface area contributed by atoms with E-state index in [1.807, 2.05) is 0 Å². The first-order valence-electron chi connectivity index (χ1n) is 5.71. The van der Waals surface area contributed by atoms with Gasteiger partial charge in [0.2, 0.25) is 0 Å². The second-order valence-electron chi connectivity index (χ2n) is 4.47. The third-order valence-electron chi connectivity index (χ3n) is 2.74. The lowest BCUT2D eigenvalue weighted by Gasteiger charge is -2.38. The Morgan fingerprint density at radius 1 is 0.667 bits per heavy atom. The van der Waals surface area contributed by atoms with E-state index in [0.29, 0.717) is 0 Å². The number of halogens is 9. The van der Waals surface area contributed by atoms with Crippen LogP contribution in [0.5, 0.6) is 0 Å². The summed E-state index contributed by atoms with van der Waals surface area (Å²) in [6, 6.07) is -6.10. The first kappa shape index (κ1) is 20.3. The molecule has 128 valence electrons. The van der Waals surface area contributed by atoms with Crippen molar-refractivity contribution in [2.45, 2.75) is 62.3 Å².